The summed E-state index contributed by atoms with van der Waals surface area (Å²) in [4.78, 5) is 48.9. The van der Waals surface area contributed by atoms with Crippen molar-refractivity contribution >= 4 is 24.2 Å². The second-order valence-electron chi connectivity index (χ2n) is 7.82. The van der Waals surface area contributed by atoms with Crippen LogP contribution in [0.25, 0.3) is 0 Å². The summed E-state index contributed by atoms with van der Waals surface area (Å²) in [6, 6.07) is -1.82. The monoisotopic (exact) mass is 626 g/mol. The van der Waals surface area contributed by atoms with Crippen LogP contribution >= 0.6 is 0 Å². The molecule has 0 aliphatic carbocycles. The molecular weight excluding hydrogens is 599 g/mol. The van der Waals surface area contributed by atoms with Gasteiger partial charge in [0.25, 0.3) is 0 Å². The van der Waals surface area contributed by atoms with Crippen molar-refractivity contribution in [3.8, 4) is 0 Å². The fraction of sp³-hybridized carbons (Fsp3) is 0.706. The predicted molar refractivity (Wildman–Crippen MR) is 90.9 cm³/mol. The van der Waals surface area contributed by atoms with E-state index in [2.05, 4.69) is 5.32 Å². The number of rotatable bonds is 6. The summed E-state index contributed by atoms with van der Waals surface area (Å²) in [5.41, 5.74) is 3.69. The van der Waals surface area contributed by atoms with E-state index in [9.17, 15) is 19.2 Å². The minimum absolute atomic E-state index is 0. The maximum Gasteiger partial charge on any atom is 0.408 e. The molecule has 0 spiro atoms. The maximum atomic E-state index is 13.0. The number of hydrogen-bond acceptors (Lipinski definition) is 5. The summed E-state index contributed by atoms with van der Waals surface area (Å²) in [6.45, 7) is 8.68. The third kappa shape index (κ3) is 8.70. The smallest absolute Gasteiger partial charge is 0.408 e. The fourth-order valence-corrected chi connectivity index (χ4v) is 2.61. The van der Waals surface area contributed by atoms with Gasteiger partial charge in [-0.15, -0.1) is 19.4 Å². The number of nitrogens with two attached hydrogens (primary N) is 1. The molecule has 1 fully saturated rings. The Balaban J connectivity index is 0. The van der Waals surface area contributed by atoms with E-state index in [-0.39, 0.29) is 66.7 Å². The van der Waals surface area contributed by atoms with Crippen LogP contribution in [0.3, 0.4) is 0 Å². The van der Waals surface area contributed by atoms with Crippen LogP contribution in [0.1, 0.15) is 47.5 Å². The number of primary amides is 1. The molecule has 1 heterocycles. The van der Waals surface area contributed by atoms with Gasteiger partial charge in [-0.1, -0.05) is 13.8 Å². The molecule has 1 unspecified atom stereocenters. The molecule has 1 aliphatic heterocycles. The van der Waals surface area contributed by atoms with E-state index in [0.29, 0.717) is 6.42 Å². The largest absolute Gasteiger partial charge is 0.542 e. The Hall–Kier alpha value is -0.328. The number of ether oxygens (including phenoxy) is 1. The number of alkyl carbamates (subject to hydrolysis) is 1. The summed E-state index contributed by atoms with van der Waals surface area (Å²) < 4.78 is 5.21. The minimum atomic E-state index is -1.06. The molecule has 1 rings (SSSR count). The Labute approximate surface area is 200 Å². The van der Waals surface area contributed by atoms with Crippen LogP contribution in [-0.4, -0.2) is 53.3 Å². The molecule has 151 valence electrons. The molecule has 0 saturated carbocycles. The second kappa shape index (κ2) is 11.6. The predicted octanol–water partition coefficient (Wildman–Crippen LogP) is 0.691. The Bertz CT molecular complexity index is 551. The Kier molecular flexibility index (Phi) is 12.4. The SMILES string of the molecule is CC(C)(C)OC(=O)NC(C(=O)N1C[CH-]C[C@H]1C(N)=O)C(C)(C)C[C-]=O.[W].[Y]. The van der Waals surface area contributed by atoms with Gasteiger partial charge in [0.15, 0.2) is 0 Å². The average Bonchev–Trinajstić information content (AvgIpc) is 2.91. The molecule has 27 heavy (non-hydrogen) atoms. The van der Waals surface area contributed by atoms with Crippen LogP contribution in [0.4, 0.5) is 4.79 Å². The van der Waals surface area contributed by atoms with Crippen molar-refractivity contribution in [1.29, 1.82) is 0 Å². The van der Waals surface area contributed by atoms with Gasteiger partial charge in [0, 0.05) is 53.8 Å². The Morgan fingerprint density at radius 1 is 1.30 bits per heavy atom. The zero-order valence-electron chi connectivity index (χ0n) is 16.4. The Morgan fingerprint density at radius 2 is 1.85 bits per heavy atom. The molecule has 0 aromatic heterocycles. The first-order valence-corrected chi connectivity index (χ1v) is 8.15. The number of nitrogens with zero attached hydrogens (tertiary/aromatic N) is 1. The molecule has 1 aliphatic rings. The van der Waals surface area contributed by atoms with Gasteiger partial charge in [-0.05, 0) is 26.2 Å². The van der Waals surface area contributed by atoms with Crippen molar-refractivity contribution in [2.24, 2.45) is 11.1 Å². The summed E-state index contributed by atoms with van der Waals surface area (Å²) in [5.74, 6) is -1.10. The minimum Gasteiger partial charge on any atom is -0.542 e. The van der Waals surface area contributed by atoms with Crippen molar-refractivity contribution in [1.82, 2.24) is 10.2 Å². The number of carbonyl (C=O) groups is 3. The van der Waals surface area contributed by atoms with E-state index in [4.69, 9.17) is 10.5 Å². The zero-order valence-corrected chi connectivity index (χ0v) is 22.2. The van der Waals surface area contributed by atoms with Gasteiger partial charge >= 0.3 is 6.09 Å². The molecule has 0 bridgehead atoms. The van der Waals surface area contributed by atoms with Crippen molar-refractivity contribution in [2.75, 3.05) is 6.54 Å². The summed E-state index contributed by atoms with van der Waals surface area (Å²) in [6.07, 6.45) is 3.07. The van der Waals surface area contributed by atoms with Gasteiger partial charge in [-0.25, -0.2) is 4.79 Å². The molecule has 8 nitrogen and oxygen atoms in total. The molecule has 1 saturated heterocycles. The molecule has 0 aromatic carbocycles. The van der Waals surface area contributed by atoms with E-state index < -0.39 is 41.0 Å². The van der Waals surface area contributed by atoms with Crippen molar-refractivity contribution in [2.45, 2.75) is 65.1 Å². The molecule has 0 aromatic rings. The first-order chi connectivity index (χ1) is 11.4. The number of hydrogen-bond donors (Lipinski definition) is 2. The Morgan fingerprint density at radius 3 is 2.30 bits per heavy atom. The molecular formula is C17H27N3O5WY-2. The van der Waals surface area contributed by atoms with Crippen LogP contribution in [0.5, 0.6) is 0 Å². The quantitative estimate of drug-likeness (QED) is 0.421. The van der Waals surface area contributed by atoms with Crippen molar-refractivity contribution in [3.05, 3.63) is 6.42 Å². The number of amides is 3. The third-order valence-electron chi connectivity index (χ3n) is 3.92. The van der Waals surface area contributed by atoms with Crippen LogP contribution in [0.2, 0.25) is 0 Å². The molecule has 3 N–H and O–H groups in total. The normalized spacial score (nSPS) is 17.8. The van der Waals surface area contributed by atoms with Gasteiger partial charge in [0.05, 0.1) is 6.04 Å². The fourth-order valence-electron chi connectivity index (χ4n) is 2.61. The van der Waals surface area contributed by atoms with Gasteiger partial charge in [0.1, 0.15) is 11.6 Å². The van der Waals surface area contributed by atoms with Gasteiger partial charge < -0.3 is 31.9 Å². The van der Waals surface area contributed by atoms with Gasteiger partial charge in [-0.2, -0.15) is 0 Å². The standard InChI is InChI=1S/C17H27N3O5.W.Y/c1-16(2,3)25-15(24)19-12(17(4,5)8-10-21)14(23)20-9-6-7-11(20)13(18)22;;/h6,11-12H,7-9H2,1-5H3,(H2,18,22)(H,19,24);;/q-2;;/t11-,12?;;/m0../s1. The summed E-state index contributed by atoms with van der Waals surface area (Å²) >= 11 is 0. The molecule has 2 atom stereocenters. The second-order valence-corrected chi connectivity index (χ2v) is 7.82. The summed E-state index contributed by atoms with van der Waals surface area (Å²) in [7, 11) is 0. The van der Waals surface area contributed by atoms with Crippen molar-refractivity contribution < 1.29 is 77.7 Å². The van der Waals surface area contributed by atoms with E-state index in [1.807, 2.05) is 0 Å². The third-order valence-corrected chi connectivity index (χ3v) is 3.92. The van der Waals surface area contributed by atoms with Crippen LogP contribution in [0.15, 0.2) is 0 Å². The van der Waals surface area contributed by atoms with E-state index in [0.717, 1.165) is 0 Å². The van der Waals surface area contributed by atoms with E-state index in [1.165, 1.54) is 4.90 Å². The summed E-state index contributed by atoms with van der Waals surface area (Å²) in [5, 5.41) is 2.54. The first kappa shape index (κ1) is 28.9. The van der Waals surface area contributed by atoms with Crippen LogP contribution in [0, 0.1) is 11.8 Å². The number of likely N-dealkylation sites (tertiary alicyclic amines) is 1. The van der Waals surface area contributed by atoms with Crippen molar-refractivity contribution in [3.63, 3.8) is 0 Å². The topological polar surface area (TPSA) is 119 Å². The molecule has 1 radical (unpaired) electrons. The van der Waals surface area contributed by atoms with Crippen LogP contribution < -0.4 is 11.1 Å². The average molecular weight is 626 g/mol. The number of carbonyl (C=O) groups excluding carboxylic acids is 4. The zero-order chi connectivity index (χ0) is 19.4. The molecule has 10 heteroatoms. The molecule has 3 amide bonds. The van der Waals surface area contributed by atoms with Crippen LogP contribution in [-0.2, 0) is 72.9 Å². The van der Waals surface area contributed by atoms with Gasteiger partial charge in [0.2, 0.25) is 11.8 Å². The number of nitrogens with one attached hydrogen (secondary N) is 1. The van der Waals surface area contributed by atoms with Gasteiger partial charge in [-0.3, -0.25) is 15.9 Å². The first-order valence-electron chi connectivity index (χ1n) is 8.15. The maximum absolute atomic E-state index is 13.0. The van der Waals surface area contributed by atoms with E-state index in [1.54, 1.807) is 47.3 Å². The van der Waals surface area contributed by atoms with E-state index >= 15 is 0 Å².